The highest BCUT2D eigenvalue weighted by molar-refractivity contribution is 7.90. The van der Waals surface area contributed by atoms with Crippen LogP contribution in [0.3, 0.4) is 0 Å². The van der Waals surface area contributed by atoms with Gasteiger partial charge in [-0.05, 0) is 35.4 Å². The Hall–Kier alpha value is -3.55. The van der Waals surface area contributed by atoms with Crippen LogP contribution in [0, 0.1) is 0 Å². The van der Waals surface area contributed by atoms with E-state index in [1.165, 1.54) is 0 Å². The molecule has 0 radical (unpaired) electrons. The van der Waals surface area contributed by atoms with Crippen molar-refractivity contribution >= 4 is 26.6 Å². The van der Waals surface area contributed by atoms with Crippen LogP contribution in [0.2, 0.25) is 0 Å². The van der Waals surface area contributed by atoms with Gasteiger partial charge >= 0.3 is 0 Å². The molecule has 0 bridgehead atoms. The number of sulfone groups is 1. The molecule has 0 saturated carbocycles. The molecule has 3 aromatic carbocycles. The van der Waals surface area contributed by atoms with Gasteiger partial charge in [0.05, 0.1) is 28.9 Å². The number of benzene rings is 3. The van der Waals surface area contributed by atoms with E-state index in [1.807, 2.05) is 42.5 Å². The zero-order valence-electron chi connectivity index (χ0n) is 18.5. The van der Waals surface area contributed by atoms with Crippen molar-refractivity contribution in [2.45, 2.75) is 23.4 Å². The fraction of sp³-hybridized carbons (Fsp3) is 0.185. The maximum Gasteiger partial charge on any atom is 0.254 e. The molecule has 1 saturated heterocycles. The topological polar surface area (TPSA) is 76.6 Å². The maximum atomic E-state index is 13.1. The largest absolute Gasteiger partial charge is 0.370 e. The summed E-state index contributed by atoms with van der Waals surface area (Å²) in [5.41, 5.74) is 2.74. The number of carbonyl (C=O) groups excluding carboxylic acids is 1. The molecule has 6 nitrogen and oxygen atoms in total. The van der Waals surface area contributed by atoms with E-state index in [1.54, 1.807) is 53.6 Å². The summed E-state index contributed by atoms with van der Waals surface area (Å²) in [7, 11) is -3.59. The Balaban J connectivity index is 1.20. The van der Waals surface area contributed by atoms with Gasteiger partial charge < -0.3 is 9.64 Å². The summed E-state index contributed by atoms with van der Waals surface area (Å²) in [5, 5.41) is 0.783. The number of pyridine rings is 1. The number of hydrogen-bond donors (Lipinski definition) is 0. The molecule has 5 rings (SSSR count). The Bertz CT molecular complexity index is 1410. The maximum absolute atomic E-state index is 13.1. The van der Waals surface area contributed by atoms with Crippen molar-refractivity contribution in [3.05, 3.63) is 108 Å². The number of para-hydroxylation sites is 1. The van der Waals surface area contributed by atoms with Crippen LogP contribution in [0.5, 0.6) is 0 Å². The average Bonchev–Trinajstić information content (AvgIpc) is 2.83. The van der Waals surface area contributed by atoms with Crippen LogP contribution in [0.4, 0.5) is 0 Å². The predicted octanol–water partition coefficient (Wildman–Crippen LogP) is 4.25. The number of likely N-dealkylation sites (tertiary alicyclic amines) is 1. The van der Waals surface area contributed by atoms with E-state index >= 15 is 0 Å². The lowest BCUT2D eigenvalue weighted by Crippen LogP contribution is -2.54. The number of fused-ring (bicyclic) bond motifs is 1. The Morgan fingerprint density at radius 1 is 0.882 bits per heavy atom. The molecule has 1 aliphatic rings. The lowest BCUT2D eigenvalue weighted by atomic mass is 10.1. The van der Waals surface area contributed by atoms with Crippen LogP contribution in [-0.4, -0.2) is 43.4 Å². The van der Waals surface area contributed by atoms with E-state index < -0.39 is 9.84 Å². The van der Waals surface area contributed by atoms with Gasteiger partial charge in [0, 0.05) is 30.2 Å². The third kappa shape index (κ3) is 4.71. The first-order chi connectivity index (χ1) is 16.5. The molecule has 34 heavy (non-hydrogen) atoms. The van der Waals surface area contributed by atoms with E-state index in [2.05, 4.69) is 4.98 Å². The van der Waals surface area contributed by atoms with E-state index in [0.29, 0.717) is 36.3 Å². The minimum atomic E-state index is -3.59. The summed E-state index contributed by atoms with van der Waals surface area (Å²) in [6.45, 7) is 1.63. The smallest absolute Gasteiger partial charge is 0.254 e. The molecule has 4 aromatic rings. The minimum Gasteiger partial charge on any atom is -0.370 e. The van der Waals surface area contributed by atoms with Gasteiger partial charge in [0.15, 0.2) is 9.84 Å². The summed E-state index contributed by atoms with van der Waals surface area (Å²) in [6.07, 6.45) is 1.62. The van der Waals surface area contributed by atoms with Crippen molar-refractivity contribution in [3.8, 4) is 0 Å². The Morgan fingerprint density at radius 3 is 2.38 bits per heavy atom. The van der Waals surface area contributed by atoms with Crippen molar-refractivity contribution in [1.82, 2.24) is 9.88 Å². The van der Waals surface area contributed by atoms with E-state index in [0.717, 1.165) is 10.9 Å². The Labute approximate surface area is 198 Å². The highest BCUT2D eigenvalue weighted by Gasteiger charge is 2.32. The first-order valence-corrected chi connectivity index (χ1v) is 12.7. The van der Waals surface area contributed by atoms with Gasteiger partial charge in [-0.1, -0.05) is 60.7 Å². The number of aromatic nitrogens is 1. The summed E-state index contributed by atoms with van der Waals surface area (Å²) < 4.78 is 32.0. The fourth-order valence-corrected chi connectivity index (χ4v) is 5.59. The minimum absolute atomic E-state index is 0.0304. The molecule has 0 N–H and O–H groups in total. The highest BCUT2D eigenvalue weighted by atomic mass is 32.2. The zero-order chi connectivity index (χ0) is 23.5. The number of carbonyl (C=O) groups is 1. The molecule has 2 heterocycles. The molecule has 1 fully saturated rings. The number of amides is 1. The standard InChI is InChI=1S/C27H24N2O4S/c30-27(29-16-24(17-29)33-18-20-6-2-1-3-7-20)23-13-11-21(12-14-23)19-34(31,32)25-10-4-8-22-9-5-15-28-26(22)25/h1-15,24H,16-19H2. The molecular formula is C27H24N2O4S. The normalized spacial score (nSPS) is 14.2. The molecule has 0 aliphatic carbocycles. The SMILES string of the molecule is O=C(c1ccc(CS(=O)(=O)c2cccc3cccnc23)cc1)N1CC(OCc2ccccc2)C1. The van der Waals surface area contributed by atoms with Gasteiger partial charge in [-0.2, -0.15) is 0 Å². The van der Waals surface area contributed by atoms with Crippen LogP contribution in [-0.2, 0) is 26.9 Å². The Morgan fingerprint density at radius 2 is 1.62 bits per heavy atom. The number of nitrogens with zero attached hydrogens (tertiary/aromatic N) is 2. The van der Waals surface area contributed by atoms with E-state index in [4.69, 9.17) is 4.74 Å². The number of hydrogen-bond acceptors (Lipinski definition) is 5. The highest BCUT2D eigenvalue weighted by Crippen LogP contribution is 2.25. The second-order valence-electron chi connectivity index (χ2n) is 8.42. The molecule has 172 valence electrons. The summed E-state index contributed by atoms with van der Waals surface area (Å²) in [4.78, 5) is 19.0. The van der Waals surface area contributed by atoms with Crippen LogP contribution in [0.15, 0.2) is 96.0 Å². The third-order valence-electron chi connectivity index (χ3n) is 5.95. The molecule has 0 atom stereocenters. The van der Waals surface area contributed by atoms with Gasteiger partial charge in [-0.3, -0.25) is 9.78 Å². The van der Waals surface area contributed by atoms with Gasteiger partial charge in [0.25, 0.3) is 5.91 Å². The lowest BCUT2D eigenvalue weighted by Gasteiger charge is -2.39. The lowest BCUT2D eigenvalue weighted by molar-refractivity contribution is -0.0503. The van der Waals surface area contributed by atoms with Crippen LogP contribution >= 0.6 is 0 Å². The zero-order valence-corrected chi connectivity index (χ0v) is 19.3. The molecule has 0 unspecified atom stereocenters. The number of rotatable bonds is 7. The fourth-order valence-electron chi connectivity index (χ4n) is 4.05. The first kappa shape index (κ1) is 22.3. The van der Waals surface area contributed by atoms with Crippen molar-refractivity contribution in [2.24, 2.45) is 0 Å². The predicted molar refractivity (Wildman–Crippen MR) is 130 cm³/mol. The van der Waals surface area contributed by atoms with E-state index in [-0.39, 0.29) is 22.7 Å². The van der Waals surface area contributed by atoms with Gasteiger partial charge in [0.2, 0.25) is 0 Å². The summed E-state index contributed by atoms with van der Waals surface area (Å²) >= 11 is 0. The van der Waals surface area contributed by atoms with Crippen LogP contribution < -0.4 is 0 Å². The second kappa shape index (κ2) is 9.37. The average molecular weight is 473 g/mol. The molecular weight excluding hydrogens is 448 g/mol. The van der Waals surface area contributed by atoms with Gasteiger partial charge in [-0.25, -0.2) is 8.42 Å². The monoisotopic (exact) mass is 472 g/mol. The second-order valence-corrected chi connectivity index (χ2v) is 10.4. The summed E-state index contributed by atoms with van der Waals surface area (Å²) in [6, 6.07) is 25.5. The van der Waals surface area contributed by atoms with Crippen molar-refractivity contribution in [3.63, 3.8) is 0 Å². The van der Waals surface area contributed by atoms with Crippen molar-refractivity contribution < 1.29 is 17.9 Å². The molecule has 1 amide bonds. The van der Waals surface area contributed by atoms with Crippen LogP contribution in [0.25, 0.3) is 10.9 Å². The number of ether oxygens (including phenoxy) is 1. The molecule has 0 spiro atoms. The Kier molecular flexibility index (Phi) is 6.13. The molecule has 1 aliphatic heterocycles. The van der Waals surface area contributed by atoms with Crippen LogP contribution in [0.1, 0.15) is 21.5 Å². The van der Waals surface area contributed by atoms with Gasteiger partial charge in [0.1, 0.15) is 0 Å². The third-order valence-corrected chi connectivity index (χ3v) is 7.67. The van der Waals surface area contributed by atoms with Crippen molar-refractivity contribution in [1.29, 1.82) is 0 Å². The van der Waals surface area contributed by atoms with Crippen molar-refractivity contribution in [2.75, 3.05) is 13.1 Å². The molecule has 7 heteroatoms. The molecule has 1 aromatic heterocycles. The van der Waals surface area contributed by atoms with E-state index in [9.17, 15) is 13.2 Å². The van der Waals surface area contributed by atoms with Gasteiger partial charge in [-0.15, -0.1) is 0 Å². The summed E-state index contributed by atoms with van der Waals surface area (Å²) in [5.74, 6) is -0.233. The first-order valence-electron chi connectivity index (χ1n) is 11.1. The quantitative estimate of drug-likeness (QED) is 0.402.